The molecule has 124 valence electrons. The second-order valence-electron chi connectivity index (χ2n) is 4.66. The SMILES string of the molecule is [Fe+2].[O-]c1c(F)cc(F)cc1C(O)=CC=C1C=CC=C1.c1cc[cH-]c1. The molecular weight excluding hydrogens is 354 g/mol. The summed E-state index contributed by atoms with van der Waals surface area (Å²) in [5.74, 6) is -3.63. The topological polar surface area (TPSA) is 43.3 Å². The number of rotatable bonds is 2. The Balaban J connectivity index is 0.000000412. The Morgan fingerprint density at radius 2 is 1.71 bits per heavy atom. The van der Waals surface area contributed by atoms with Gasteiger partial charge < -0.3 is 10.2 Å². The summed E-state index contributed by atoms with van der Waals surface area (Å²) in [4.78, 5) is 0. The molecule has 2 aromatic carbocycles. The summed E-state index contributed by atoms with van der Waals surface area (Å²) in [5, 5.41) is 21.0. The van der Waals surface area contributed by atoms with Crippen LogP contribution >= 0.6 is 0 Å². The Hall–Kier alpha value is -2.49. The first-order chi connectivity index (χ1) is 11.1. The molecule has 2 nitrogen and oxygen atoms in total. The van der Waals surface area contributed by atoms with Crippen molar-refractivity contribution in [3.05, 3.63) is 102 Å². The van der Waals surface area contributed by atoms with Gasteiger partial charge >= 0.3 is 17.1 Å². The molecule has 3 rings (SSSR count). The standard InChI is InChI=1S/C14H10F2O2.C5H5.Fe/c15-10-7-11(14(18)12(16)8-10)13(17)6-5-9-3-1-2-4-9;1-2-4-5-3-1;/h1-8,17-18H;1-5H;/q;-1;+2/p-1. The van der Waals surface area contributed by atoms with E-state index in [2.05, 4.69) is 0 Å². The van der Waals surface area contributed by atoms with Crippen molar-refractivity contribution in [2.45, 2.75) is 0 Å². The molecule has 1 N–H and O–H groups in total. The van der Waals surface area contributed by atoms with Crippen LogP contribution in [0, 0.1) is 11.6 Å². The minimum Gasteiger partial charge on any atom is -0.870 e. The number of hydrogen-bond acceptors (Lipinski definition) is 2. The van der Waals surface area contributed by atoms with Gasteiger partial charge in [-0.25, -0.2) is 20.9 Å². The van der Waals surface area contributed by atoms with Crippen molar-refractivity contribution in [2.24, 2.45) is 0 Å². The van der Waals surface area contributed by atoms with E-state index in [0.29, 0.717) is 6.07 Å². The molecule has 1 aliphatic carbocycles. The zero-order chi connectivity index (χ0) is 16.7. The number of allylic oxidation sites excluding steroid dienone is 7. The van der Waals surface area contributed by atoms with Gasteiger partial charge in [-0.2, -0.15) is 18.2 Å². The maximum absolute atomic E-state index is 13.0. The van der Waals surface area contributed by atoms with E-state index >= 15 is 0 Å². The van der Waals surface area contributed by atoms with Gasteiger partial charge in [-0.3, -0.25) is 0 Å². The average Bonchev–Trinajstić information content (AvgIpc) is 3.24. The summed E-state index contributed by atoms with van der Waals surface area (Å²) in [5.41, 5.74) is 0.418. The van der Waals surface area contributed by atoms with Gasteiger partial charge in [-0.1, -0.05) is 36.1 Å². The second-order valence-corrected chi connectivity index (χ2v) is 4.66. The molecule has 5 heteroatoms. The zero-order valence-electron chi connectivity index (χ0n) is 12.5. The summed E-state index contributed by atoms with van der Waals surface area (Å²) in [7, 11) is 0. The molecule has 0 aliphatic heterocycles. The molecule has 0 unspecified atom stereocenters. The fourth-order valence-corrected chi connectivity index (χ4v) is 1.84. The number of aliphatic hydroxyl groups excluding tert-OH is 1. The molecule has 0 atom stereocenters. The summed E-state index contributed by atoms with van der Waals surface area (Å²) in [6.45, 7) is 0. The number of halogens is 2. The Kier molecular flexibility index (Phi) is 7.83. The summed E-state index contributed by atoms with van der Waals surface area (Å²) >= 11 is 0. The third-order valence-corrected chi connectivity index (χ3v) is 2.96. The van der Waals surface area contributed by atoms with Gasteiger partial charge in [0.25, 0.3) is 0 Å². The first-order valence-corrected chi connectivity index (χ1v) is 6.87. The summed E-state index contributed by atoms with van der Waals surface area (Å²) in [6.07, 6.45) is 9.94. The van der Waals surface area contributed by atoms with Gasteiger partial charge in [-0.15, -0.1) is 0 Å². The Labute approximate surface area is 149 Å². The van der Waals surface area contributed by atoms with Crippen LogP contribution in [-0.4, -0.2) is 5.11 Å². The van der Waals surface area contributed by atoms with Gasteiger partial charge in [0.15, 0.2) is 0 Å². The molecule has 0 bridgehead atoms. The van der Waals surface area contributed by atoms with Crippen LogP contribution in [0.1, 0.15) is 5.56 Å². The van der Waals surface area contributed by atoms with E-state index in [0.717, 1.165) is 11.6 Å². The molecule has 0 amide bonds. The van der Waals surface area contributed by atoms with E-state index in [9.17, 15) is 19.0 Å². The normalized spacial score (nSPS) is 12.4. The van der Waals surface area contributed by atoms with E-state index in [4.69, 9.17) is 0 Å². The van der Waals surface area contributed by atoms with Crippen molar-refractivity contribution in [1.82, 2.24) is 0 Å². The first-order valence-electron chi connectivity index (χ1n) is 6.87. The van der Waals surface area contributed by atoms with Crippen LogP contribution in [0.5, 0.6) is 5.75 Å². The largest absolute Gasteiger partial charge is 2.00 e. The molecule has 1 aliphatic rings. The molecule has 0 aromatic heterocycles. The van der Waals surface area contributed by atoms with Gasteiger partial charge in [0.2, 0.25) is 0 Å². The van der Waals surface area contributed by atoms with Crippen molar-refractivity contribution >= 4 is 5.76 Å². The fraction of sp³-hybridized carbons (Fsp3) is 0. The van der Waals surface area contributed by atoms with Gasteiger partial charge in [0.1, 0.15) is 17.4 Å². The molecule has 0 fully saturated rings. The Morgan fingerprint density at radius 1 is 1.08 bits per heavy atom. The van der Waals surface area contributed by atoms with Crippen LogP contribution in [0.3, 0.4) is 0 Å². The predicted molar refractivity (Wildman–Crippen MR) is 84.8 cm³/mol. The first kappa shape index (κ1) is 19.6. The van der Waals surface area contributed by atoms with E-state index in [1.54, 1.807) is 24.3 Å². The monoisotopic (exact) mass is 368 g/mol. The van der Waals surface area contributed by atoms with Crippen molar-refractivity contribution in [3.63, 3.8) is 0 Å². The van der Waals surface area contributed by atoms with Crippen molar-refractivity contribution in [3.8, 4) is 5.75 Å². The number of benzene rings is 1. The van der Waals surface area contributed by atoms with Gasteiger partial charge in [0.05, 0.1) is 0 Å². The van der Waals surface area contributed by atoms with Gasteiger partial charge in [0, 0.05) is 11.6 Å². The van der Waals surface area contributed by atoms with Crippen LogP contribution in [0.4, 0.5) is 8.78 Å². The average molecular weight is 368 g/mol. The molecule has 0 saturated heterocycles. The van der Waals surface area contributed by atoms with E-state index in [1.807, 2.05) is 30.3 Å². The minimum atomic E-state index is -1.22. The van der Waals surface area contributed by atoms with Crippen LogP contribution < -0.4 is 5.11 Å². The second kappa shape index (κ2) is 9.60. The minimum absolute atomic E-state index is 0. The third kappa shape index (κ3) is 5.61. The number of hydrogen-bond donors (Lipinski definition) is 1. The van der Waals surface area contributed by atoms with Crippen molar-refractivity contribution < 1.29 is 36.1 Å². The molecule has 0 spiro atoms. The van der Waals surface area contributed by atoms with E-state index in [1.165, 1.54) is 12.2 Å². The van der Waals surface area contributed by atoms with Crippen molar-refractivity contribution in [1.29, 1.82) is 0 Å². The van der Waals surface area contributed by atoms with Crippen LogP contribution in [-0.2, 0) is 17.1 Å². The molecule has 2 aromatic rings. The smallest absolute Gasteiger partial charge is 0.870 e. The molecule has 0 radical (unpaired) electrons. The third-order valence-electron chi connectivity index (χ3n) is 2.96. The zero-order valence-corrected chi connectivity index (χ0v) is 13.6. The Morgan fingerprint density at radius 3 is 2.25 bits per heavy atom. The Bertz CT molecular complexity index is 742. The summed E-state index contributed by atoms with van der Waals surface area (Å²) in [6, 6.07) is 11.3. The van der Waals surface area contributed by atoms with E-state index < -0.39 is 28.7 Å². The fourth-order valence-electron chi connectivity index (χ4n) is 1.84. The number of aliphatic hydroxyl groups is 1. The van der Waals surface area contributed by atoms with Crippen LogP contribution in [0.15, 0.2) is 84.5 Å². The quantitative estimate of drug-likeness (QED) is 0.485. The molecule has 0 saturated carbocycles. The molecular formula is C19H14F2FeO2. The van der Waals surface area contributed by atoms with Gasteiger partial charge in [-0.05, 0) is 17.7 Å². The summed E-state index contributed by atoms with van der Waals surface area (Å²) < 4.78 is 26.0. The van der Waals surface area contributed by atoms with Crippen molar-refractivity contribution in [2.75, 3.05) is 0 Å². The maximum Gasteiger partial charge on any atom is 2.00 e. The van der Waals surface area contributed by atoms with Crippen LogP contribution in [0.25, 0.3) is 5.76 Å². The van der Waals surface area contributed by atoms with E-state index in [-0.39, 0.29) is 17.1 Å². The van der Waals surface area contributed by atoms with Crippen LogP contribution in [0.2, 0.25) is 0 Å². The molecule has 0 heterocycles. The molecule has 24 heavy (non-hydrogen) atoms. The predicted octanol–water partition coefficient (Wildman–Crippen LogP) is 4.39. The maximum atomic E-state index is 13.0.